The molecule has 0 atom stereocenters. The zero-order valence-electron chi connectivity index (χ0n) is 14.0. The number of aryl methyl sites for hydroxylation is 2. The lowest BCUT2D eigenvalue weighted by molar-refractivity contribution is 0.0670. The van der Waals surface area contributed by atoms with Crippen LogP contribution in [0.25, 0.3) is 0 Å². The molecule has 0 aliphatic carbocycles. The maximum absolute atomic E-state index is 8.36. The molecule has 116 valence electrons. The fourth-order valence-corrected chi connectivity index (χ4v) is 2.82. The molecule has 0 radical (unpaired) electrons. The third kappa shape index (κ3) is 3.85. The van der Waals surface area contributed by atoms with Crippen LogP contribution in [0.5, 0.6) is 0 Å². The monoisotopic (exact) mass is 288 g/mol. The lowest BCUT2D eigenvalue weighted by Gasteiger charge is -2.30. The van der Waals surface area contributed by atoms with E-state index in [1.807, 2.05) is 0 Å². The van der Waals surface area contributed by atoms with Gasteiger partial charge < -0.3 is 9.64 Å². The highest BCUT2D eigenvalue weighted by atomic mass is 16.5. The van der Waals surface area contributed by atoms with Gasteiger partial charge in [-0.05, 0) is 41.5 Å². The van der Waals surface area contributed by atoms with E-state index in [-0.39, 0.29) is 5.41 Å². The fourth-order valence-electron chi connectivity index (χ4n) is 2.82. The molecule has 0 unspecified atom stereocenters. The number of rotatable bonds is 2. The Morgan fingerprint density at radius 2 is 1.67 bits per heavy atom. The van der Waals surface area contributed by atoms with Gasteiger partial charge in [0.1, 0.15) is 5.84 Å². The number of nitrogens with one attached hydrogen (secondary N) is 1. The minimum atomic E-state index is 0.172. The molecule has 1 aromatic carbocycles. The van der Waals surface area contributed by atoms with Gasteiger partial charge >= 0.3 is 0 Å². The van der Waals surface area contributed by atoms with E-state index in [9.17, 15) is 0 Å². The Labute approximate surface area is 128 Å². The van der Waals surface area contributed by atoms with Crippen LogP contribution in [-0.4, -0.2) is 37.0 Å². The Morgan fingerprint density at radius 1 is 1.14 bits per heavy atom. The van der Waals surface area contributed by atoms with E-state index >= 15 is 0 Å². The zero-order valence-corrected chi connectivity index (χ0v) is 14.0. The minimum absolute atomic E-state index is 0.172. The first-order chi connectivity index (χ1) is 9.79. The van der Waals surface area contributed by atoms with Crippen molar-refractivity contribution in [2.45, 2.75) is 46.5 Å². The van der Waals surface area contributed by atoms with Gasteiger partial charge in [0.25, 0.3) is 0 Å². The van der Waals surface area contributed by atoms with E-state index in [0.29, 0.717) is 5.84 Å². The standard InChI is InChI=1S/C18H28N2O/c1-13-10-15(18(3,4)5)11-14(2)16(13)12-17(19)20-6-8-21-9-7-20/h10-11,19H,6-9,12H2,1-5H3. The summed E-state index contributed by atoms with van der Waals surface area (Å²) in [5.74, 6) is 0.716. The van der Waals surface area contributed by atoms with Gasteiger partial charge in [-0.1, -0.05) is 32.9 Å². The summed E-state index contributed by atoms with van der Waals surface area (Å²) in [7, 11) is 0. The molecular formula is C18H28N2O. The summed E-state index contributed by atoms with van der Waals surface area (Å²) in [6, 6.07) is 4.57. The Balaban J connectivity index is 2.18. The van der Waals surface area contributed by atoms with Crippen molar-refractivity contribution in [2.24, 2.45) is 0 Å². The van der Waals surface area contributed by atoms with Crippen molar-refractivity contribution >= 4 is 5.84 Å². The Kier molecular flexibility index (Phi) is 4.72. The van der Waals surface area contributed by atoms with Gasteiger partial charge in [0, 0.05) is 19.5 Å². The first kappa shape index (κ1) is 16.0. The van der Waals surface area contributed by atoms with Crippen molar-refractivity contribution in [3.05, 3.63) is 34.4 Å². The highest BCUT2D eigenvalue weighted by Gasteiger charge is 2.19. The van der Waals surface area contributed by atoms with Crippen molar-refractivity contribution in [3.8, 4) is 0 Å². The third-order valence-corrected chi connectivity index (χ3v) is 4.30. The van der Waals surface area contributed by atoms with Gasteiger partial charge in [-0.25, -0.2) is 0 Å². The van der Waals surface area contributed by atoms with Crippen LogP contribution in [0.4, 0.5) is 0 Å². The quantitative estimate of drug-likeness (QED) is 0.668. The Bertz CT molecular complexity index is 500. The molecule has 0 bridgehead atoms. The number of ether oxygens (including phenoxy) is 1. The molecule has 3 nitrogen and oxygen atoms in total. The Hall–Kier alpha value is -1.35. The average molecular weight is 288 g/mol. The van der Waals surface area contributed by atoms with Crippen LogP contribution >= 0.6 is 0 Å². The van der Waals surface area contributed by atoms with E-state index in [1.54, 1.807) is 0 Å². The topological polar surface area (TPSA) is 36.3 Å². The van der Waals surface area contributed by atoms with Gasteiger partial charge in [0.15, 0.2) is 0 Å². The number of nitrogens with zero attached hydrogens (tertiary/aromatic N) is 1. The molecule has 3 heteroatoms. The van der Waals surface area contributed by atoms with Crippen molar-refractivity contribution in [1.29, 1.82) is 5.41 Å². The highest BCUT2D eigenvalue weighted by Crippen LogP contribution is 2.27. The molecule has 1 fully saturated rings. The summed E-state index contributed by atoms with van der Waals surface area (Å²) in [5.41, 5.74) is 5.46. The predicted molar refractivity (Wildman–Crippen MR) is 88.4 cm³/mol. The van der Waals surface area contributed by atoms with Crippen LogP contribution in [0.1, 0.15) is 43.0 Å². The summed E-state index contributed by atoms with van der Waals surface area (Å²) in [6.07, 6.45) is 0.724. The normalized spacial score (nSPS) is 16.1. The van der Waals surface area contributed by atoms with E-state index in [0.717, 1.165) is 32.7 Å². The molecule has 1 saturated heterocycles. The summed E-state index contributed by atoms with van der Waals surface area (Å²) < 4.78 is 5.36. The largest absolute Gasteiger partial charge is 0.378 e. The van der Waals surface area contributed by atoms with Crippen molar-refractivity contribution in [2.75, 3.05) is 26.3 Å². The number of hydrogen-bond acceptors (Lipinski definition) is 2. The summed E-state index contributed by atoms with van der Waals surface area (Å²) in [6.45, 7) is 14.2. The maximum atomic E-state index is 8.36. The maximum Gasteiger partial charge on any atom is 0.100 e. The van der Waals surface area contributed by atoms with E-state index in [4.69, 9.17) is 10.1 Å². The molecule has 0 spiro atoms. The molecule has 1 aliphatic rings. The van der Waals surface area contributed by atoms with Gasteiger partial charge in [0.2, 0.25) is 0 Å². The van der Waals surface area contributed by atoms with Crippen LogP contribution in [0.3, 0.4) is 0 Å². The second kappa shape index (κ2) is 6.18. The number of hydrogen-bond donors (Lipinski definition) is 1. The predicted octanol–water partition coefficient (Wildman–Crippen LogP) is 3.45. The van der Waals surface area contributed by atoms with Crippen LogP contribution in [0, 0.1) is 19.3 Å². The van der Waals surface area contributed by atoms with Gasteiger partial charge in [0.05, 0.1) is 13.2 Å². The lowest BCUT2D eigenvalue weighted by atomic mass is 9.83. The lowest BCUT2D eigenvalue weighted by Crippen LogP contribution is -2.41. The second-order valence-electron chi connectivity index (χ2n) is 7.06. The fraction of sp³-hybridized carbons (Fsp3) is 0.611. The molecule has 0 saturated carbocycles. The third-order valence-electron chi connectivity index (χ3n) is 4.30. The summed E-state index contributed by atoms with van der Waals surface area (Å²) in [4.78, 5) is 2.14. The van der Waals surface area contributed by atoms with Crippen molar-refractivity contribution in [1.82, 2.24) is 4.90 Å². The first-order valence-corrected chi connectivity index (χ1v) is 7.80. The number of benzene rings is 1. The van der Waals surface area contributed by atoms with Crippen LogP contribution in [-0.2, 0) is 16.6 Å². The van der Waals surface area contributed by atoms with E-state index < -0.39 is 0 Å². The van der Waals surface area contributed by atoms with E-state index in [1.165, 1.54) is 22.3 Å². The molecule has 1 heterocycles. The molecule has 1 aromatic rings. The first-order valence-electron chi connectivity index (χ1n) is 7.80. The second-order valence-corrected chi connectivity index (χ2v) is 7.06. The summed E-state index contributed by atoms with van der Waals surface area (Å²) >= 11 is 0. The smallest absolute Gasteiger partial charge is 0.100 e. The molecule has 1 aliphatic heterocycles. The molecule has 2 rings (SSSR count). The van der Waals surface area contributed by atoms with Crippen LogP contribution in [0.15, 0.2) is 12.1 Å². The number of morpholine rings is 1. The SMILES string of the molecule is Cc1cc(C(C)(C)C)cc(C)c1CC(=N)N1CCOCC1. The molecule has 21 heavy (non-hydrogen) atoms. The van der Waals surface area contributed by atoms with Crippen LogP contribution in [0.2, 0.25) is 0 Å². The van der Waals surface area contributed by atoms with Gasteiger partial charge in [-0.3, -0.25) is 5.41 Å². The summed E-state index contributed by atoms with van der Waals surface area (Å²) in [5, 5.41) is 8.36. The van der Waals surface area contributed by atoms with Crippen LogP contribution < -0.4 is 0 Å². The van der Waals surface area contributed by atoms with Gasteiger partial charge in [-0.2, -0.15) is 0 Å². The van der Waals surface area contributed by atoms with Crippen molar-refractivity contribution < 1.29 is 4.74 Å². The molecule has 0 amide bonds. The minimum Gasteiger partial charge on any atom is -0.378 e. The van der Waals surface area contributed by atoms with E-state index in [2.05, 4.69) is 51.7 Å². The zero-order chi connectivity index (χ0) is 15.6. The van der Waals surface area contributed by atoms with Crippen molar-refractivity contribution in [3.63, 3.8) is 0 Å². The highest BCUT2D eigenvalue weighted by molar-refractivity contribution is 5.82. The number of amidine groups is 1. The molecule has 1 N–H and O–H groups in total. The average Bonchev–Trinajstić information content (AvgIpc) is 2.42. The molecule has 0 aromatic heterocycles. The molecular weight excluding hydrogens is 260 g/mol. The Morgan fingerprint density at radius 3 is 2.14 bits per heavy atom. The van der Waals surface area contributed by atoms with Gasteiger partial charge in [-0.15, -0.1) is 0 Å².